The Morgan fingerprint density at radius 1 is 1.19 bits per heavy atom. The Balaban J connectivity index is 1.81. The highest BCUT2D eigenvalue weighted by Crippen LogP contribution is 2.41. The molecule has 14 heteroatoms. The van der Waals surface area contributed by atoms with E-state index in [0.29, 0.717) is 9.26 Å². The van der Waals surface area contributed by atoms with E-state index in [9.17, 15) is 31.1 Å². The summed E-state index contributed by atoms with van der Waals surface area (Å²) in [5, 5.41) is 6.70. The van der Waals surface area contributed by atoms with Crippen LogP contribution in [0, 0.1) is 9.52 Å². The largest absolute Gasteiger partial charge is 0.453 e. The Kier molecular flexibility index (Phi) is 5.13. The van der Waals surface area contributed by atoms with Gasteiger partial charge in [-0.3, -0.25) is 4.79 Å². The fourth-order valence-corrected chi connectivity index (χ4v) is 4.46. The zero-order chi connectivity index (χ0) is 23.6. The lowest BCUT2D eigenvalue weighted by Crippen LogP contribution is -2.37. The minimum Gasteiger partial charge on any atom is -0.310 e. The number of carbonyl (C=O) groups is 1. The average molecular weight is 570 g/mol. The first-order chi connectivity index (χ1) is 14.7. The van der Waals surface area contributed by atoms with Crippen LogP contribution < -0.4 is 5.32 Å². The van der Waals surface area contributed by atoms with Crippen LogP contribution in [-0.4, -0.2) is 42.7 Å². The number of anilines is 1. The number of nitrogens with one attached hydrogen (secondary N) is 1. The normalized spacial score (nSPS) is 15.8. The molecule has 170 valence electrons. The van der Waals surface area contributed by atoms with E-state index in [2.05, 4.69) is 25.4 Å². The number of pyridine rings is 1. The molecule has 4 rings (SSSR count). The maximum Gasteiger partial charge on any atom is 0.453 e. The van der Waals surface area contributed by atoms with Gasteiger partial charge in [-0.15, -0.1) is 0 Å². The zero-order valence-corrected chi connectivity index (χ0v) is 18.5. The van der Waals surface area contributed by atoms with Crippen LogP contribution in [0.3, 0.4) is 0 Å². The van der Waals surface area contributed by atoms with Gasteiger partial charge >= 0.3 is 12.1 Å². The van der Waals surface area contributed by atoms with E-state index < -0.39 is 36.3 Å². The number of amides is 1. The lowest BCUT2D eigenvalue weighted by atomic mass is 9.88. The summed E-state index contributed by atoms with van der Waals surface area (Å²) in [6.45, 7) is 2.53. The quantitative estimate of drug-likeness (QED) is 0.285. The van der Waals surface area contributed by atoms with E-state index >= 15 is 0 Å². The Labute approximate surface area is 189 Å². The van der Waals surface area contributed by atoms with E-state index in [1.807, 2.05) is 22.6 Å². The predicted molar refractivity (Wildman–Crippen MR) is 109 cm³/mol. The number of aryl methyl sites for hydroxylation is 1. The monoisotopic (exact) mass is 570 g/mol. The minimum atomic E-state index is -5.72. The molecule has 1 aliphatic rings. The van der Waals surface area contributed by atoms with Crippen molar-refractivity contribution in [1.82, 2.24) is 24.7 Å². The van der Waals surface area contributed by atoms with Gasteiger partial charge in [0.2, 0.25) is 5.91 Å². The molecule has 3 aromatic rings. The van der Waals surface area contributed by atoms with Gasteiger partial charge in [0.25, 0.3) is 0 Å². The number of aromatic nitrogens is 5. The second kappa shape index (κ2) is 7.25. The van der Waals surface area contributed by atoms with Crippen molar-refractivity contribution in [2.24, 2.45) is 0 Å². The number of alkyl halides is 5. The second-order valence-electron chi connectivity index (χ2n) is 7.69. The number of carbonyl (C=O) groups excluding carboxylic acids is 1. The van der Waals surface area contributed by atoms with E-state index in [1.165, 1.54) is 0 Å². The van der Waals surface area contributed by atoms with Crippen molar-refractivity contribution in [3.8, 4) is 11.5 Å². The third-order valence-electron chi connectivity index (χ3n) is 5.11. The lowest BCUT2D eigenvalue weighted by Gasteiger charge is -2.19. The molecule has 0 bridgehead atoms. The maximum absolute atomic E-state index is 13.9. The maximum atomic E-state index is 13.9. The first kappa shape index (κ1) is 22.7. The molecule has 32 heavy (non-hydrogen) atoms. The summed E-state index contributed by atoms with van der Waals surface area (Å²) in [6, 6.07) is 1.01. The third kappa shape index (κ3) is 3.57. The summed E-state index contributed by atoms with van der Waals surface area (Å²) in [7, 11) is 0. The van der Waals surface area contributed by atoms with Gasteiger partial charge < -0.3 is 5.32 Å². The van der Waals surface area contributed by atoms with Crippen molar-refractivity contribution in [2.75, 3.05) is 5.32 Å². The van der Waals surface area contributed by atoms with Gasteiger partial charge in [0.05, 0.1) is 17.0 Å². The van der Waals surface area contributed by atoms with Crippen LogP contribution in [0.2, 0.25) is 0 Å². The van der Waals surface area contributed by atoms with Gasteiger partial charge in [0, 0.05) is 18.5 Å². The van der Waals surface area contributed by atoms with Crippen molar-refractivity contribution >= 4 is 45.3 Å². The first-order valence-corrected chi connectivity index (χ1v) is 10.2. The molecule has 1 amide bonds. The fraction of sp³-hybridized carbons (Fsp3) is 0.389. The molecule has 0 saturated carbocycles. The molecule has 4 heterocycles. The summed E-state index contributed by atoms with van der Waals surface area (Å²) in [4.78, 5) is 24.6. The topological polar surface area (TPSA) is 85.6 Å². The van der Waals surface area contributed by atoms with Gasteiger partial charge in [-0.2, -0.15) is 27.1 Å². The summed E-state index contributed by atoms with van der Waals surface area (Å²) in [6.07, 6.45) is -6.51. The van der Waals surface area contributed by atoms with Crippen LogP contribution in [0.5, 0.6) is 0 Å². The van der Waals surface area contributed by atoms with Crippen LogP contribution in [0.1, 0.15) is 25.8 Å². The molecule has 0 saturated heterocycles. The molecule has 1 N–H and O–H groups in total. The van der Waals surface area contributed by atoms with E-state index in [0.717, 1.165) is 16.9 Å². The number of fused-ring (bicyclic) bond motifs is 2. The van der Waals surface area contributed by atoms with Gasteiger partial charge in [-0.05, 0) is 42.5 Å². The number of hydrogen-bond acceptors (Lipinski definition) is 5. The Morgan fingerprint density at radius 2 is 1.88 bits per heavy atom. The molecule has 0 atom stereocenters. The van der Waals surface area contributed by atoms with Crippen LogP contribution in [0.4, 0.5) is 32.2 Å². The number of nitrogens with zero attached hydrogens (tertiary/aromatic N) is 5. The zero-order valence-electron chi connectivity index (χ0n) is 16.4. The van der Waals surface area contributed by atoms with Gasteiger partial charge in [-0.25, -0.2) is 24.0 Å². The summed E-state index contributed by atoms with van der Waals surface area (Å²) in [5.41, 5.74) is -0.530. The van der Waals surface area contributed by atoms with Gasteiger partial charge in [-0.1, -0.05) is 0 Å². The molecule has 0 unspecified atom stereocenters. The average Bonchev–Trinajstić information content (AvgIpc) is 3.13. The number of rotatable bonds is 4. The van der Waals surface area contributed by atoms with Crippen LogP contribution >= 0.6 is 22.6 Å². The highest BCUT2D eigenvalue weighted by Gasteiger charge is 2.56. The third-order valence-corrected chi connectivity index (χ3v) is 5.89. The second-order valence-corrected chi connectivity index (χ2v) is 8.71. The molecular weight excluding hydrogens is 557 g/mol. The molecule has 0 fully saturated rings. The predicted octanol–water partition coefficient (Wildman–Crippen LogP) is 4.45. The Bertz CT molecular complexity index is 1250. The van der Waals surface area contributed by atoms with Crippen molar-refractivity contribution in [3.05, 3.63) is 27.3 Å². The minimum absolute atomic E-state index is 0.0275. The molecule has 0 spiro atoms. The molecule has 0 aliphatic carbocycles. The van der Waals surface area contributed by atoms with Crippen molar-refractivity contribution in [1.29, 1.82) is 0 Å². The van der Waals surface area contributed by atoms with E-state index in [4.69, 9.17) is 0 Å². The molecular formula is C18H13F6IN6O. The first-order valence-electron chi connectivity index (χ1n) is 9.09. The van der Waals surface area contributed by atoms with E-state index in [-0.39, 0.29) is 34.3 Å². The standard InChI is InChI=1S/C18H13F6IN6O/c1-16(2)9-11(25)27-13(28-12(9)29-15(16)32)10-8-5-7(19)6-26-14(8)31(30-10)4-3-17(20,21)18(22,23)24/h5-6H,3-4H2,1-2H3,(H,27,28,29,32). The summed E-state index contributed by atoms with van der Waals surface area (Å²) >= 11 is 1.89. The highest BCUT2D eigenvalue weighted by atomic mass is 127. The Morgan fingerprint density at radius 3 is 2.53 bits per heavy atom. The smallest absolute Gasteiger partial charge is 0.310 e. The number of halogens is 7. The molecule has 3 aromatic heterocycles. The lowest BCUT2D eigenvalue weighted by molar-refractivity contribution is -0.285. The van der Waals surface area contributed by atoms with Gasteiger partial charge in [0.1, 0.15) is 21.0 Å². The van der Waals surface area contributed by atoms with Crippen LogP contribution in [0.25, 0.3) is 22.6 Å². The fourth-order valence-electron chi connectivity index (χ4n) is 3.30. The van der Waals surface area contributed by atoms with Crippen molar-refractivity contribution in [2.45, 2.75) is 44.3 Å². The van der Waals surface area contributed by atoms with Crippen LogP contribution in [0.15, 0.2) is 12.3 Å². The summed E-state index contributed by atoms with van der Waals surface area (Å²) in [5.74, 6) is -5.88. The van der Waals surface area contributed by atoms with Gasteiger partial charge in [0.15, 0.2) is 11.5 Å². The van der Waals surface area contributed by atoms with Crippen molar-refractivity contribution in [3.63, 3.8) is 0 Å². The van der Waals surface area contributed by atoms with Crippen molar-refractivity contribution < 1.29 is 31.1 Å². The van der Waals surface area contributed by atoms with E-state index in [1.54, 1.807) is 13.8 Å². The molecule has 1 aliphatic heterocycles. The molecule has 7 nitrogen and oxygen atoms in total. The molecule has 0 aromatic carbocycles. The summed E-state index contributed by atoms with van der Waals surface area (Å²) < 4.78 is 79.5. The molecule has 0 radical (unpaired) electrons. The Hall–Kier alpha value is -2.52. The van der Waals surface area contributed by atoms with Crippen LogP contribution in [-0.2, 0) is 16.8 Å². The highest BCUT2D eigenvalue weighted by molar-refractivity contribution is 14.1. The number of hydrogen-bond donors (Lipinski definition) is 1. The SMILES string of the molecule is CC1(C)C(=O)Nc2nc(-c3nn(CCC(F)(F)C(F)(F)F)c4ncc(F)cc34)nc(I)c21.